The third-order valence-electron chi connectivity index (χ3n) is 8.07. The Kier molecular flexibility index (Phi) is 10.5. The van der Waals surface area contributed by atoms with E-state index in [9.17, 15) is 29.4 Å². The Bertz CT molecular complexity index is 2230. The molecule has 274 valence electrons. The summed E-state index contributed by atoms with van der Waals surface area (Å²) in [6.45, 7) is 2.19. The molecule has 0 aliphatic heterocycles. The Morgan fingerprint density at radius 2 is 0.889 bits per heavy atom. The first-order valence-corrected chi connectivity index (χ1v) is 16.3. The van der Waals surface area contributed by atoms with Crippen molar-refractivity contribution in [2.24, 2.45) is 0 Å². The average Bonchev–Trinajstić information content (AvgIpc) is 3.17. The number of hydrogen-bond acceptors (Lipinski definition) is 14. The predicted molar refractivity (Wildman–Crippen MR) is 192 cm³/mol. The van der Waals surface area contributed by atoms with Gasteiger partial charge in [-0.2, -0.15) is 0 Å². The van der Waals surface area contributed by atoms with E-state index in [-0.39, 0.29) is 44.4 Å². The van der Waals surface area contributed by atoms with Crippen molar-refractivity contribution in [1.29, 1.82) is 0 Å². The number of aromatic nitrogens is 2. The summed E-state index contributed by atoms with van der Waals surface area (Å²) in [5, 5.41) is 22.9. The number of aromatic hydroxyl groups is 2. The standard InChI is InChI=1S/C40H32N2O12/c1-21(43)51-37(31-29-19-25(53-23-11-7-5-8-12-23)15-17-27(29)35(45)33(41-31)39(47)49-3)38(52-22(2)44)32-30-20-26(54-24-13-9-6-10-14-24)16-18-28(30)36(46)34(42-32)40(48)50-4/h5-20,37-38,45-46H,1-4H3. The van der Waals surface area contributed by atoms with E-state index < -0.39 is 59.0 Å². The third-order valence-corrected chi connectivity index (χ3v) is 8.07. The Labute approximate surface area is 307 Å². The van der Waals surface area contributed by atoms with E-state index in [1.54, 1.807) is 48.5 Å². The quantitative estimate of drug-likeness (QED) is 0.0999. The number of methoxy groups -OCH3 is 2. The zero-order valence-corrected chi connectivity index (χ0v) is 29.3. The van der Waals surface area contributed by atoms with Crippen LogP contribution in [0.15, 0.2) is 97.1 Å². The van der Waals surface area contributed by atoms with Gasteiger partial charge in [0, 0.05) is 35.4 Å². The van der Waals surface area contributed by atoms with Gasteiger partial charge in [0.05, 0.1) is 25.6 Å². The minimum Gasteiger partial charge on any atom is -0.505 e. The van der Waals surface area contributed by atoms with Gasteiger partial charge < -0.3 is 38.6 Å². The second kappa shape index (κ2) is 15.6. The molecule has 6 rings (SSSR count). The van der Waals surface area contributed by atoms with Gasteiger partial charge in [-0.25, -0.2) is 19.6 Å². The van der Waals surface area contributed by atoms with Gasteiger partial charge in [0.2, 0.25) is 0 Å². The summed E-state index contributed by atoms with van der Waals surface area (Å²) in [6.07, 6.45) is -3.45. The number of benzene rings is 4. The van der Waals surface area contributed by atoms with Crippen LogP contribution in [0.25, 0.3) is 21.5 Å². The van der Waals surface area contributed by atoms with Crippen molar-refractivity contribution in [3.8, 4) is 34.5 Å². The lowest BCUT2D eigenvalue weighted by Crippen LogP contribution is -2.25. The van der Waals surface area contributed by atoms with Crippen molar-refractivity contribution < 1.29 is 57.8 Å². The SMILES string of the molecule is COC(=O)c1nc(C(OC(C)=O)C(OC(C)=O)c2nc(C(=O)OC)c(O)c3ccc(Oc4ccccc4)cc23)c2cc(Oc3ccccc3)ccc2c1O. The summed E-state index contributed by atoms with van der Waals surface area (Å²) >= 11 is 0. The van der Waals surface area contributed by atoms with Crippen LogP contribution in [0.5, 0.6) is 34.5 Å². The zero-order valence-electron chi connectivity index (χ0n) is 29.3. The second-order valence-corrected chi connectivity index (χ2v) is 11.7. The number of nitrogens with zero attached hydrogens (tertiary/aromatic N) is 2. The van der Waals surface area contributed by atoms with E-state index in [1.165, 1.54) is 36.4 Å². The molecule has 2 unspecified atom stereocenters. The van der Waals surface area contributed by atoms with Gasteiger partial charge >= 0.3 is 23.9 Å². The van der Waals surface area contributed by atoms with Crippen molar-refractivity contribution in [2.45, 2.75) is 26.1 Å². The highest BCUT2D eigenvalue weighted by molar-refractivity contribution is 6.02. The Morgan fingerprint density at radius 1 is 0.519 bits per heavy atom. The van der Waals surface area contributed by atoms with Gasteiger partial charge in [-0.1, -0.05) is 36.4 Å². The number of ether oxygens (including phenoxy) is 6. The highest BCUT2D eigenvalue weighted by Crippen LogP contribution is 2.45. The van der Waals surface area contributed by atoms with Crippen molar-refractivity contribution in [1.82, 2.24) is 9.97 Å². The molecular weight excluding hydrogens is 700 g/mol. The summed E-state index contributed by atoms with van der Waals surface area (Å²) in [7, 11) is 2.18. The molecule has 0 amide bonds. The van der Waals surface area contributed by atoms with Crippen LogP contribution in [0, 0.1) is 0 Å². The Morgan fingerprint density at radius 3 is 1.22 bits per heavy atom. The lowest BCUT2D eigenvalue weighted by atomic mass is 9.95. The van der Waals surface area contributed by atoms with Gasteiger partial charge in [-0.3, -0.25) is 9.59 Å². The monoisotopic (exact) mass is 732 g/mol. The van der Waals surface area contributed by atoms with Crippen LogP contribution >= 0.6 is 0 Å². The highest BCUT2D eigenvalue weighted by Gasteiger charge is 2.38. The largest absolute Gasteiger partial charge is 0.505 e. The molecule has 0 aliphatic rings. The van der Waals surface area contributed by atoms with E-state index in [1.807, 2.05) is 12.1 Å². The molecule has 0 radical (unpaired) electrons. The molecule has 0 spiro atoms. The smallest absolute Gasteiger partial charge is 0.360 e. The first kappa shape index (κ1) is 36.6. The fourth-order valence-electron chi connectivity index (χ4n) is 5.77. The molecule has 2 atom stereocenters. The Hall–Kier alpha value is -7.22. The molecule has 2 N–H and O–H groups in total. The van der Waals surface area contributed by atoms with Crippen LogP contribution in [0.4, 0.5) is 0 Å². The van der Waals surface area contributed by atoms with Crippen molar-refractivity contribution in [3.63, 3.8) is 0 Å². The van der Waals surface area contributed by atoms with Gasteiger partial charge in [-0.15, -0.1) is 0 Å². The number of pyridine rings is 2. The molecule has 14 nitrogen and oxygen atoms in total. The summed E-state index contributed by atoms with van der Waals surface area (Å²) < 4.78 is 33.6. The molecule has 0 bridgehead atoms. The van der Waals surface area contributed by atoms with Crippen LogP contribution in [0.3, 0.4) is 0 Å². The predicted octanol–water partition coefficient (Wildman–Crippen LogP) is 7.26. The molecule has 2 heterocycles. The molecule has 0 saturated heterocycles. The number of para-hydroxylation sites is 2. The number of rotatable bonds is 11. The lowest BCUT2D eigenvalue weighted by Gasteiger charge is -2.28. The van der Waals surface area contributed by atoms with E-state index in [0.717, 1.165) is 28.1 Å². The molecule has 6 aromatic rings. The number of fused-ring (bicyclic) bond motifs is 2. The summed E-state index contributed by atoms with van der Waals surface area (Å²) in [5.41, 5.74) is -1.48. The molecule has 0 aliphatic carbocycles. The number of carbonyl (C=O) groups excluding carboxylic acids is 4. The summed E-state index contributed by atoms with van der Waals surface area (Å²) in [4.78, 5) is 60.7. The van der Waals surface area contributed by atoms with Crippen LogP contribution < -0.4 is 9.47 Å². The maximum absolute atomic E-state index is 13.0. The molecule has 4 aromatic carbocycles. The maximum Gasteiger partial charge on any atom is 0.360 e. The first-order valence-electron chi connectivity index (χ1n) is 16.3. The Balaban J connectivity index is 1.66. The van der Waals surface area contributed by atoms with Crippen molar-refractivity contribution >= 4 is 45.4 Å². The molecular formula is C40H32N2O12. The van der Waals surface area contributed by atoms with Gasteiger partial charge in [0.1, 0.15) is 23.0 Å². The average molecular weight is 733 g/mol. The van der Waals surface area contributed by atoms with Gasteiger partial charge in [0.15, 0.2) is 35.1 Å². The van der Waals surface area contributed by atoms with Crippen LogP contribution in [-0.4, -0.2) is 58.3 Å². The highest BCUT2D eigenvalue weighted by atomic mass is 16.6. The maximum atomic E-state index is 13.0. The third kappa shape index (κ3) is 7.53. The molecule has 0 fully saturated rings. The number of esters is 4. The van der Waals surface area contributed by atoms with E-state index in [0.29, 0.717) is 11.5 Å². The second-order valence-electron chi connectivity index (χ2n) is 11.7. The van der Waals surface area contributed by atoms with Crippen LogP contribution in [0.1, 0.15) is 58.4 Å². The van der Waals surface area contributed by atoms with E-state index in [4.69, 9.17) is 28.4 Å². The van der Waals surface area contributed by atoms with E-state index in [2.05, 4.69) is 9.97 Å². The zero-order chi connectivity index (χ0) is 38.5. The minimum absolute atomic E-state index is 0.0665. The van der Waals surface area contributed by atoms with Crippen LogP contribution in [0.2, 0.25) is 0 Å². The van der Waals surface area contributed by atoms with Crippen molar-refractivity contribution in [3.05, 3.63) is 120 Å². The van der Waals surface area contributed by atoms with Gasteiger partial charge in [-0.05, 0) is 60.7 Å². The van der Waals surface area contributed by atoms with Gasteiger partial charge in [0.25, 0.3) is 0 Å². The fourth-order valence-corrected chi connectivity index (χ4v) is 5.77. The minimum atomic E-state index is -1.73. The summed E-state index contributed by atoms with van der Waals surface area (Å²) in [5.74, 6) is -3.46. The molecule has 0 saturated carbocycles. The number of carbonyl (C=O) groups is 4. The molecule has 54 heavy (non-hydrogen) atoms. The van der Waals surface area contributed by atoms with E-state index >= 15 is 0 Å². The fraction of sp³-hybridized carbons (Fsp3) is 0.150. The first-order chi connectivity index (χ1) is 26.0. The lowest BCUT2D eigenvalue weighted by molar-refractivity contribution is -0.167. The number of hydrogen-bond donors (Lipinski definition) is 2. The topological polar surface area (TPSA) is 190 Å². The normalized spacial score (nSPS) is 12.0. The van der Waals surface area contributed by atoms with Crippen molar-refractivity contribution in [2.75, 3.05) is 14.2 Å². The summed E-state index contributed by atoms with van der Waals surface area (Å²) in [6, 6.07) is 26.5. The molecule has 2 aromatic heterocycles. The van der Waals surface area contributed by atoms with Crippen LogP contribution in [-0.2, 0) is 28.5 Å². The molecule has 14 heteroatoms.